The molecule has 76 valence electrons. The number of rotatable bonds is 2. The predicted octanol–water partition coefficient (Wildman–Crippen LogP) is 2.35. The maximum absolute atomic E-state index is 12.0. The Hall–Kier alpha value is -1.07. The maximum atomic E-state index is 12.0. The van der Waals surface area contributed by atoms with Gasteiger partial charge in [-0.25, -0.2) is 4.79 Å². The number of carbonyl (C=O) groups excluding carboxylic acids is 1. The first-order valence-electron chi connectivity index (χ1n) is 3.22. The van der Waals surface area contributed by atoms with Crippen molar-refractivity contribution in [1.82, 2.24) is 0 Å². The van der Waals surface area contributed by atoms with Crippen molar-refractivity contribution in [2.24, 2.45) is 0 Å². The van der Waals surface area contributed by atoms with Gasteiger partial charge >= 0.3 is 12.1 Å². The molecule has 0 bridgehead atoms. The van der Waals surface area contributed by atoms with E-state index in [1.165, 1.54) is 0 Å². The topological polar surface area (TPSA) is 26.3 Å². The van der Waals surface area contributed by atoms with E-state index in [0.29, 0.717) is 13.8 Å². The molecule has 0 aliphatic heterocycles. The van der Waals surface area contributed by atoms with Crippen LogP contribution in [0.1, 0.15) is 13.8 Å². The zero-order valence-corrected chi connectivity index (χ0v) is 7.04. The number of hydrogen-bond acceptors (Lipinski definition) is 2. The summed E-state index contributed by atoms with van der Waals surface area (Å²) < 4.78 is 51.9. The first-order chi connectivity index (χ1) is 5.58. The lowest BCUT2D eigenvalue weighted by molar-refractivity contribution is -0.256. The van der Waals surface area contributed by atoms with Crippen LogP contribution in [0, 0.1) is 0 Å². The fraction of sp³-hybridized carbons (Fsp3) is 0.571. The Balaban J connectivity index is 4.53. The number of hydrogen-bond donors (Lipinski definition) is 0. The lowest BCUT2D eigenvalue weighted by Crippen LogP contribution is -2.43. The van der Waals surface area contributed by atoms with Crippen LogP contribution in [0.3, 0.4) is 0 Å². The molecular weight excluding hydrogens is 192 g/mol. The molecule has 0 heterocycles. The summed E-state index contributed by atoms with van der Waals surface area (Å²) in [4.78, 5) is 10.4. The largest absolute Gasteiger partial charge is 0.445 e. The summed E-state index contributed by atoms with van der Waals surface area (Å²) in [6, 6.07) is 0. The van der Waals surface area contributed by atoms with E-state index in [4.69, 9.17) is 0 Å². The van der Waals surface area contributed by atoms with Gasteiger partial charge in [0.25, 0.3) is 0 Å². The molecule has 0 aromatic heterocycles. The molecule has 0 fully saturated rings. The molecule has 0 unspecified atom stereocenters. The van der Waals surface area contributed by atoms with Crippen LogP contribution in [-0.4, -0.2) is 17.7 Å². The fourth-order valence-corrected chi connectivity index (χ4v) is 0.345. The Bertz CT molecular complexity index is 229. The highest BCUT2D eigenvalue weighted by Gasteiger charge is 2.51. The van der Waals surface area contributed by atoms with Crippen molar-refractivity contribution < 1.29 is 27.1 Å². The first-order valence-corrected chi connectivity index (χ1v) is 3.22. The third-order valence-corrected chi connectivity index (χ3v) is 1.25. The Kier molecular flexibility index (Phi) is 3.08. The highest BCUT2D eigenvalue weighted by atomic mass is 19.4. The monoisotopic (exact) mass is 200 g/mol. The van der Waals surface area contributed by atoms with Gasteiger partial charge in [-0.1, -0.05) is 6.58 Å². The average Bonchev–Trinajstić information content (AvgIpc) is 1.83. The Morgan fingerprint density at radius 3 is 1.92 bits per heavy atom. The molecule has 0 N–H and O–H groups in total. The smallest absolute Gasteiger partial charge is 0.427 e. The van der Waals surface area contributed by atoms with Crippen molar-refractivity contribution in [3.05, 3.63) is 12.4 Å². The summed E-state index contributed by atoms with van der Waals surface area (Å²) in [5.74, 6) is -3.26. The summed E-state index contributed by atoms with van der Waals surface area (Å²) >= 11 is 0. The van der Waals surface area contributed by atoms with Crippen LogP contribution in [-0.2, 0) is 9.53 Å². The lowest BCUT2D eigenvalue weighted by atomic mass is 10.1. The fourth-order valence-electron chi connectivity index (χ4n) is 0.345. The van der Waals surface area contributed by atoms with Crippen molar-refractivity contribution in [3.63, 3.8) is 0 Å². The molecule has 0 radical (unpaired) electrons. The van der Waals surface area contributed by atoms with Crippen molar-refractivity contribution >= 4 is 5.97 Å². The van der Waals surface area contributed by atoms with E-state index >= 15 is 0 Å². The van der Waals surface area contributed by atoms with Crippen LogP contribution in [0.25, 0.3) is 0 Å². The Morgan fingerprint density at radius 2 is 1.69 bits per heavy atom. The number of carbonyl (C=O) groups is 1. The third-order valence-electron chi connectivity index (χ3n) is 1.25. The molecule has 6 heteroatoms. The minimum Gasteiger partial charge on any atom is -0.445 e. The normalized spacial score (nSPS) is 12.5. The number of ether oxygens (including phenoxy) is 1. The van der Waals surface area contributed by atoms with Crippen LogP contribution in [0.5, 0.6) is 0 Å². The van der Waals surface area contributed by atoms with E-state index in [1.807, 2.05) is 0 Å². The standard InChI is InChI=1S/C7H8F4O2/c1-4(8)5(12)13-6(2,3)7(9,10)11/h1H2,2-3H3. The molecule has 0 spiro atoms. The van der Waals surface area contributed by atoms with Crippen molar-refractivity contribution in [2.45, 2.75) is 25.6 Å². The molecule has 0 amide bonds. The first kappa shape index (κ1) is 11.9. The summed E-state index contributed by atoms with van der Waals surface area (Å²) in [6.07, 6.45) is -4.74. The van der Waals surface area contributed by atoms with Crippen molar-refractivity contribution in [3.8, 4) is 0 Å². The van der Waals surface area contributed by atoms with Crippen LogP contribution in [0.2, 0.25) is 0 Å². The van der Waals surface area contributed by atoms with E-state index in [1.54, 1.807) is 0 Å². The number of esters is 1. The van der Waals surface area contributed by atoms with E-state index in [0.717, 1.165) is 0 Å². The second-order valence-corrected chi connectivity index (χ2v) is 2.80. The van der Waals surface area contributed by atoms with Gasteiger partial charge < -0.3 is 4.74 Å². The molecule has 0 aromatic carbocycles. The van der Waals surface area contributed by atoms with E-state index < -0.39 is 23.6 Å². The molecule has 0 aromatic rings. The van der Waals surface area contributed by atoms with Crippen molar-refractivity contribution in [1.29, 1.82) is 0 Å². The lowest BCUT2D eigenvalue weighted by Gasteiger charge is -2.26. The molecule has 0 aliphatic carbocycles. The van der Waals surface area contributed by atoms with Gasteiger partial charge in [0.15, 0.2) is 0 Å². The predicted molar refractivity (Wildman–Crippen MR) is 36.5 cm³/mol. The molecular formula is C7H8F4O2. The zero-order chi connectivity index (χ0) is 10.9. The average molecular weight is 200 g/mol. The van der Waals surface area contributed by atoms with E-state index in [-0.39, 0.29) is 0 Å². The summed E-state index contributed by atoms with van der Waals surface area (Å²) in [5, 5.41) is 0. The van der Waals surface area contributed by atoms with Gasteiger partial charge in [-0.15, -0.1) is 0 Å². The second-order valence-electron chi connectivity index (χ2n) is 2.80. The van der Waals surface area contributed by atoms with Gasteiger partial charge in [-0.3, -0.25) is 0 Å². The van der Waals surface area contributed by atoms with Gasteiger partial charge in [0.05, 0.1) is 0 Å². The molecule has 0 rings (SSSR count). The minimum atomic E-state index is -4.74. The van der Waals surface area contributed by atoms with E-state index in [2.05, 4.69) is 11.3 Å². The second kappa shape index (κ2) is 3.35. The van der Waals surface area contributed by atoms with Gasteiger partial charge in [0, 0.05) is 0 Å². The minimum absolute atomic E-state index is 0.619. The SMILES string of the molecule is C=C(F)C(=O)OC(C)(C)C(F)(F)F. The molecule has 0 aliphatic rings. The van der Waals surface area contributed by atoms with Crippen molar-refractivity contribution in [2.75, 3.05) is 0 Å². The van der Waals surface area contributed by atoms with Gasteiger partial charge in [0.2, 0.25) is 11.4 Å². The van der Waals surface area contributed by atoms with Gasteiger partial charge in [-0.05, 0) is 13.8 Å². The highest BCUT2D eigenvalue weighted by molar-refractivity contribution is 5.85. The van der Waals surface area contributed by atoms with Crippen LogP contribution >= 0.6 is 0 Å². The quantitative estimate of drug-likeness (QED) is 0.388. The molecule has 0 saturated carbocycles. The van der Waals surface area contributed by atoms with Gasteiger partial charge in [-0.2, -0.15) is 17.6 Å². The molecule has 13 heavy (non-hydrogen) atoms. The molecule has 0 atom stereocenters. The zero-order valence-electron chi connectivity index (χ0n) is 7.04. The summed E-state index contributed by atoms with van der Waals surface area (Å²) in [6.45, 7) is 3.75. The summed E-state index contributed by atoms with van der Waals surface area (Å²) in [5.41, 5.74) is -2.71. The Labute approximate surface area is 72.2 Å². The number of alkyl halides is 3. The maximum Gasteiger partial charge on any atom is 0.427 e. The molecule has 2 nitrogen and oxygen atoms in total. The molecule has 0 saturated heterocycles. The van der Waals surface area contributed by atoms with E-state index in [9.17, 15) is 22.4 Å². The third kappa shape index (κ3) is 3.04. The van der Waals surface area contributed by atoms with Crippen LogP contribution < -0.4 is 0 Å². The van der Waals surface area contributed by atoms with Crippen LogP contribution in [0.4, 0.5) is 17.6 Å². The summed E-state index contributed by atoms with van der Waals surface area (Å²) in [7, 11) is 0. The Morgan fingerprint density at radius 1 is 1.31 bits per heavy atom. The van der Waals surface area contributed by atoms with Gasteiger partial charge in [0.1, 0.15) is 0 Å². The number of halogens is 4. The van der Waals surface area contributed by atoms with Crippen LogP contribution in [0.15, 0.2) is 12.4 Å². The highest BCUT2D eigenvalue weighted by Crippen LogP contribution is 2.33.